The molecule has 3 N–H and O–H groups in total. The fourth-order valence-corrected chi connectivity index (χ4v) is 2.91. The van der Waals surface area contributed by atoms with Crippen LogP contribution < -0.4 is 20.7 Å². The Balaban J connectivity index is 0.00000544. The fraction of sp³-hybridized carbons (Fsp3) is 0.440. The van der Waals surface area contributed by atoms with Crippen LogP contribution in [0.4, 0.5) is 5.69 Å². The van der Waals surface area contributed by atoms with Crippen LogP contribution in [-0.4, -0.2) is 39.2 Å². The molecule has 2 rings (SSSR count). The number of methoxy groups -OCH3 is 1. The van der Waals surface area contributed by atoms with E-state index in [1.54, 1.807) is 14.2 Å². The number of nitrogens with one attached hydrogen (secondary N) is 3. The lowest BCUT2D eigenvalue weighted by atomic mass is 10.1. The Kier molecular flexibility index (Phi) is 13.5. The standard InChI is InChI=1S/C25H36N4O3.HI/c1-18(2)24(30)29-22-11-8-20(9-12-22)16-27-25(26-4)28-17-21-10-7-19(3)15-23(21)32-14-6-13-31-5;/h7-12,15,18H,6,13-14,16-17H2,1-5H3,(H,29,30)(H2,26,27,28);1H. The van der Waals surface area contributed by atoms with Crippen LogP contribution in [0, 0.1) is 12.8 Å². The number of benzene rings is 2. The lowest BCUT2D eigenvalue weighted by molar-refractivity contribution is -0.118. The van der Waals surface area contributed by atoms with Gasteiger partial charge in [-0.05, 0) is 36.2 Å². The highest BCUT2D eigenvalue weighted by Crippen LogP contribution is 2.20. The monoisotopic (exact) mass is 568 g/mol. The van der Waals surface area contributed by atoms with Gasteiger partial charge in [0.25, 0.3) is 0 Å². The van der Waals surface area contributed by atoms with E-state index in [2.05, 4.69) is 46.1 Å². The lowest BCUT2D eigenvalue weighted by Crippen LogP contribution is -2.36. The van der Waals surface area contributed by atoms with Gasteiger partial charge in [-0.15, -0.1) is 24.0 Å². The van der Waals surface area contributed by atoms with E-state index in [4.69, 9.17) is 9.47 Å². The maximum Gasteiger partial charge on any atom is 0.226 e. The Labute approximate surface area is 214 Å². The number of aryl methyl sites for hydroxylation is 1. The van der Waals surface area contributed by atoms with E-state index in [1.807, 2.05) is 38.1 Å². The quantitative estimate of drug-likeness (QED) is 0.161. The number of ether oxygens (including phenoxy) is 2. The van der Waals surface area contributed by atoms with Crippen molar-refractivity contribution in [3.8, 4) is 5.75 Å². The van der Waals surface area contributed by atoms with Crippen LogP contribution in [0.1, 0.15) is 37.0 Å². The number of amides is 1. The number of aliphatic imine (C=N–C) groups is 1. The van der Waals surface area contributed by atoms with Crippen LogP contribution in [0.25, 0.3) is 0 Å². The molecule has 0 aliphatic carbocycles. The highest BCUT2D eigenvalue weighted by molar-refractivity contribution is 14.0. The minimum atomic E-state index is -0.0458. The summed E-state index contributed by atoms with van der Waals surface area (Å²) in [5, 5.41) is 9.56. The van der Waals surface area contributed by atoms with E-state index in [0.29, 0.717) is 32.3 Å². The predicted octanol–water partition coefficient (Wildman–Crippen LogP) is 4.49. The van der Waals surface area contributed by atoms with Gasteiger partial charge < -0.3 is 25.4 Å². The van der Waals surface area contributed by atoms with E-state index in [-0.39, 0.29) is 35.8 Å². The lowest BCUT2D eigenvalue weighted by Gasteiger charge is -2.16. The van der Waals surface area contributed by atoms with Crippen LogP contribution in [0.3, 0.4) is 0 Å². The molecule has 2 aromatic carbocycles. The normalized spacial score (nSPS) is 11.0. The highest BCUT2D eigenvalue weighted by Gasteiger charge is 2.08. The van der Waals surface area contributed by atoms with Crippen molar-refractivity contribution in [2.45, 2.75) is 40.3 Å². The van der Waals surface area contributed by atoms with Gasteiger partial charge in [0.15, 0.2) is 5.96 Å². The van der Waals surface area contributed by atoms with Crippen LogP contribution in [0.15, 0.2) is 47.5 Å². The number of nitrogens with zero attached hydrogens (tertiary/aromatic N) is 1. The molecule has 0 radical (unpaired) electrons. The molecule has 1 amide bonds. The second-order valence-corrected chi connectivity index (χ2v) is 7.93. The zero-order chi connectivity index (χ0) is 23.3. The van der Waals surface area contributed by atoms with Gasteiger partial charge in [0.2, 0.25) is 5.91 Å². The molecule has 0 saturated heterocycles. The Bertz CT molecular complexity index is 886. The van der Waals surface area contributed by atoms with E-state index in [9.17, 15) is 4.79 Å². The molecule has 8 heteroatoms. The number of hydrogen-bond acceptors (Lipinski definition) is 4. The Morgan fingerprint density at radius 3 is 2.36 bits per heavy atom. The molecule has 0 spiro atoms. The second-order valence-electron chi connectivity index (χ2n) is 7.93. The molecule has 0 atom stereocenters. The van der Waals surface area contributed by atoms with E-state index in [0.717, 1.165) is 34.5 Å². The number of halogens is 1. The molecule has 0 fully saturated rings. The molecular formula is C25H37IN4O3. The number of hydrogen-bond donors (Lipinski definition) is 3. The predicted molar refractivity (Wildman–Crippen MR) is 146 cm³/mol. The summed E-state index contributed by atoms with van der Waals surface area (Å²) in [7, 11) is 3.44. The average Bonchev–Trinajstić information content (AvgIpc) is 2.78. The molecular weight excluding hydrogens is 531 g/mol. The van der Waals surface area contributed by atoms with E-state index in [1.165, 1.54) is 0 Å². The third kappa shape index (κ3) is 10.4. The third-order valence-electron chi connectivity index (χ3n) is 4.85. The smallest absolute Gasteiger partial charge is 0.226 e. The molecule has 0 bridgehead atoms. The zero-order valence-electron chi connectivity index (χ0n) is 20.2. The molecule has 33 heavy (non-hydrogen) atoms. The van der Waals surface area contributed by atoms with Gasteiger partial charge >= 0.3 is 0 Å². The molecule has 0 aromatic heterocycles. The fourth-order valence-electron chi connectivity index (χ4n) is 2.91. The van der Waals surface area contributed by atoms with Gasteiger partial charge in [0.1, 0.15) is 5.75 Å². The Hall–Kier alpha value is -2.33. The van der Waals surface area contributed by atoms with Crippen molar-refractivity contribution in [2.75, 3.05) is 32.7 Å². The average molecular weight is 569 g/mol. The van der Waals surface area contributed by atoms with Gasteiger partial charge in [-0.3, -0.25) is 9.79 Å². The summed E-state index contributed by atoms with van der Waals surface area (Å²) in [6.45, 7) is 8.32. The summed E-state index contributed by atoms with van der Waals surface area (Å²) in [5.41, 5.74) is 4.12. The second kappa shape index (κ2) is 15.5. The van der Waals surface area contributed by atoms with Gasteiger partial charge in [0, 0.05) is 57.4 Å². The van der Waals surface area contributed by atoms with Crippen molar-refractivity contribution in [3.63, 3.8) is 0 Å². The SMILES string of the molecule is CN=C(NCc1ccc(NC(=O)C(C)C)cc1)NCc1ccc(C)cc1OCCCOC.I. The van der Waals surface area contributed by atoms with Gasteiger partial charge in [-0.25, -0.2) is 0 Å². The first-order chi connectivity index (χ1) is 15.4. The van der Waals surface area contributed by atoms with Gasteiger partial charge in [-0.1, -0.05) is 38.1 Å². The minimum absolute atomic E-state index is 0. The minimum Gasteiger partial charge on any atom is -0.493 e. The topological polar surface area (TPSA) is 84.0 Å². The van der Waals surface area contributed by atoms with Crippen LogP contribution in [0.2, 0.25) is 0 Å². The third-order valence-corrected chi connectivity index (χ3v) is 4.85. The molecule has 0 unspecified atom stereocenters. The molecule has 0 heterocycles. The van der Waals surface area contributed by atoms with Gasteiger partial charge in [-0.2, -0.15) is 0 Å². The van der Waals surface area contributed by atoms with Crippen molar-refractivity contribution in [1.82, 2.24) is 10.6 Å². The first-order valence-corrected chi connectivity index (χ1v) is 11.0. The number of carbonyl (C=O) groups is 1. The number of guanidine groups is 1. The summed E-state index contributed by atoms with van der Waals surface area (Å²) >= 11 is 0. The highest BCUT2D eigenvalue weighted by atomic mass is 127. The van der Waals surface area contributed by atoms with Crippen molar-refractivity contribution in [2.24, 2.45) is 10.9 Å². The summed E-state index contributed by atoms with van der Waals surface area (Å²) in [5.74, 6) is 1.55. The zero-order valence-corrected chi connectivity index (χ0v) is 22.6. The summed E-state index contributed by atoms with van der Waals surface area (Å²) in [4.78, 5) is 16.1. The van der Waals surface area contributed by atoms with E-state index < -0.39 is 0 Å². The molecule has 0 aliphatic heterocycles. The molecule has 182 valence electrons. The van der Waals surface area contributed by atoms with Crippen molar-refractivity contribution in [3.05, 3.63) is 59.2 Å². The summed E-state index contributed by atoms with van der Waals surface area (Å²) in [6.07, 6.45) is 0.848. The van der Waals surface area contributed by atoms with Gasteiger partial charge in [0.05, 0.1) is 6.61 Å². The largest absolute Gasteiger partial charge is 0.493 e. The van der Waals surface area contributed by atoms with Crippen LogP contribution >= 0.6 is 24.0 Å². The maximum atomic E-state index is 11.8. The number of rotatable bonds is 11. The first kappa shape index (κ1) is 28.7. The van der Waals surface area contributed by atoms with Crippen LogP contribution in [0.5, 0.6) is 5.75 Å². The molecule has 0 saturated carbocycles. The van der Waals surface area contributed by atoms with Crippen molar-refractivity contribution >= 4 is 41.5 Å². The molecule has 0 aliphatic rings. The van der Waals surface area contributed by atoms with Crippen molar-refractivity contribution in [1.29, 1.82) is 0 Å². The van der Waals surface area contributed by atoms with Crippen LogP contribution in [-0.2, 0) is 22.6 Å². The first-order valence-electron chi connectivity index (χ1n) is 11.0. The summed E-state index contributed by atoms with van der Waals surface area (Å²) < 4.78 is 11.0. The van der Waals surface area contributed by atoms with E-state index >= 15 is 0 Å². The number of carbonyl (C=O) groups excluding carboxylic acids is 1. The molecule has 7 nitrogen and oxygen atoms in total. The number of anilines is 1. The Morgan fingerprint density at radius 2 is 1.73 bits per heavy atom. The summed E-state index contributed by atoms with van der Waals surface area (Å²) in [6, 6.07) is 14.0. The van der Waals surface area contributed by atoms with Crippen molar-refractivity contribution < 1.29 is 14.3 Å². The Morgan fingerprint density at radius 1 is 1.03 bits per heavy atom. The maximum absolute atomic E-state index is 11.8. The molecule has 2 aromatic rings.